The van der Waals surface area contributed by atoms with Crippen molar-refractivity contribution in [1.29, 1.82) is 0 Å². The Hall–Kier alpha value is -2.94. The standard InChI is InChI=1S/C16H17N5O3S/c1-10(15(22)18-11-5-7-12(23-2)8-6-11)25-16-20-19-14(21(16)17)13-4-3-9-24-13/h3-10H,17H2,1-2H3,(H,18,22)/t10-/m1/s1. The van der Waals surface area contributed by atoms with Crippen LogP contribution in [0.3, 0.4) is 0 Å². The van der Waals surface area contributed by atoms with Gasteiger partial charge in [-0.1, -0.05) is 11.8 Å². The number of carbonyl (C=O) groups excluding carboxylic acids is 1. The summed E-state index contributed by atoms with van der Waals surface area (Å²) in [6, 6.07) is 10.6. The van der Waals surface area contributed by atoms with Crippen molar-refractivity contribution in [2.24, 2.45) is 0 Å². The zero-order valence-corrected chi connectivity index (χ0v) is 14.5. The van der Waals surface area contributed by atoms with Gasteiger partial charge in [-0.15, -0.1) is 10.2 Å². The summed E-state index contributed by atoms with van der Waals surface area (Å²) in [5.41, 5.74) is 0.684. The average molecular weight is 359 g/mol. The van der Waals surface area contributed by atoms with E-state index in [2.05, 4.69) is 15.5 Å². The fourth-order valence-corrected chi connectivity index (χ4v) is 2.83. The molecule has 1 aromatic carbocycles. The van der Waals surface area contributed by atoms with E-state index in [-0.39, 0.29) is 5.91 Å². The number of nitrogens with zero attached hydrogens (tertiary/aromatic N) is 3. The Morgan fingerprint density at radius 1 is 1.32 bits per heavy atom. The summed E-state index contributed by atoms with van der Waals surface area (Å²) in [4.78, 5) is 12.3. The van der Waals surface area contributed by atoms with Gasteiger partial charge in [-0.3, -0.25) is 4.79 Å². The number of anilines is 1. The summed E-state index contributed by atoms with van der Waals surface area (Å²) in [6.07, 6.45) is 1.53. The molecule has 3 rings (SSSR count). The van der Waals surface area contributed by atoms with Crippen molar-refractivity contribution in [2.75, 3.05) is 18.3 Å². The maximum absolute atomic E-state index is 12.3. The second-order valence-corrected chi connectivity index (χ2v) is 6.44. The number of furan rings is 1. The maximum atomic E-state index is 12.3. The maximum Gasteiger partial charge on any atom is 0.237 e. The molecule has 9 heteroatoms. The summed E-state index contributed by atoms with van der Waals surface area (Å²) < 4.78 is 11.7. The number of aromatic nitrogens is 3. The lowest BCUT2D eigenvalue weighted by Gasteiger charge is -2.11. The van der Waals surface area contributed by atoms with Crippen molar-refractivity contribution >= 4 is 23.4 Å². The van der Waals surface area contributed by atoms with Crippen LogP contribution in [0.5, 0.6) is 5.75 Å². The van der Waals surface area contributed by atoms with Gasteiger partial charge in [-0.05, 0) is 43.3 Å². The molecule has 0 fully saturated rings. The molecule has 0 saturated carbocycles. The number of methoxy groups -OCH3 is 1. The first-order valence-electron chi connectivity index (χ1n) is 7.44. The lowest BCUT2D eigenvalue weighted by atomic mass is 10.3. The Morgan fingerprint density at radius 2 is 2.08 bits per heavy atom. The largest absolute Gasteiger partial charge is 0.497 e. The highest BCUT2D eigenvalue weighted by molar-refractivity contribution is 8.00. The zero-order chi connectivity index (χ0) is 17.8. The lowest BCUT2D eigenvalue weighted by molar-refractivity contribution is -0.115. The van der Waals surface area contributed by atoms with E-state index >= 15 is 0 Å². The van der Waals surface area contributed by atoms with Gasteiger partial charge in [0.1, 0.15) is 5.75 Å². The molecule has 0 aliphatic rings. The second-order valence-electron chi connectivity index (χ2n) is 5.13. The van der Waals surface area contributed by atoms with Crippen molar-refractivity contribution in [3.8, 4) is 17.3 Å². The number of ether oxygens (including phenoxy) is 1. The number of nitrogen functional groups attached to an aromatic ring is 1. The monoisotopic (exact) mass is 359 g/mol. The van der Waals surface area contributed by atoms with Crippen LogP contribution >= 0.6 is 11.8 Å². The third-order valence-electron chi connectivity index (χ3n) is 3.42. The molecule has 130 valence electrons. The van der Waals surface area contributed by atoms with Gasteiger partial charge in [0, 0.05) is 5.69 Å². The molecule has 0 bridgehead atoms. The van der Waals surface area contributed by atoms with Crippen molar-refractivity contribution in [2.45, 2.75) is 17.3 Å². The predicted molar refractivity (Wildman–Crippen MR) is 94.8 cm³/mol. The highest BCUT2D eigenvalue weighted by atomic mass is 32.2. The van der Waals surface area contributed by atoms with Crippen molar-refractivity contribution < 1.29 is 13.9 Å². The topological polar surface area (TPSA) is 108 Å². The third-order valence-corrected chi connectivity index (χ3v) is 4.47. The van der Waals surface area contributed by atoms with E-state index in [0.29, 0.717) is 22.4 Å². The molecular formula is C16H17N5O3S. The Bertz CT molecular complexity index is 845. The molecule has 0 radical (unpaired) electrons. The molecule has 2 aromatic heterocycles. The fraction of sp³-hybridized carbons (Fsp3) is 0.188. The average Bonchev–Trinajstić information content (AvgIpc) is 3.26. The molecule has 3 aromatic rings. The van der Waals surface area contributed by atoms with E-state index in [4.69, 9.17) is 15.0 Å². The van der Waals surface area contributed by atoms with Crippen molar-refractivity contribution in [3.63, 3.8) is 0 Å². The van der Waals surface area contributed by atoms with E-state index in [9.17, 15) is 4.79 Å². The molecule has 8 nitrogen and oxygen atoms in total. The minimum Gasteiger partial charge on any atom is -0.497 e. The molecule has 2 heterocycles. The van der Waals surface area contributed by atoms with Crippen LogP contribution in [-0.2, 0) is 4.79 Å². The summed E-state index contributed by atoms with van der Waals surface area (Å²) in [7, 11) is 1.59. The van der Waals surface area contributed by atoms with E-state index in [1.54, 1.807) is 50.4 Å². The highest BCUT2D eigenvalue weighted by Crippen LogP contribution is 2.25. The van der Waals surface area contributed by atoms with Gasteiger partial charge in [0.05, 0.1) is 18.6 Å². The van der Waals surface area contributed by atoms with Gasteiger partial charge >= 0.3 is 0 Å². The first kappa shape index (κ1) is 16.9. The SMILES string of the molecule is COc1ccc(NC(=O)[C@@H](C)Sc2nnc(-c3ccco3)n2N)cc1. The van der Waals surface area contributed by atoms with Crippen LogP contribution in [0.15, 0.2) is 52.2 Å². The minimum atomic E-state index is -0.418. The van der Waals surface area contributed by atoms with Crippen molar-refractivity contribution in [1.82, 2.24) is 14.9 Å². The van der Waals surface area contributed by atoms with E-state index in [1.807, 2.05) is 0 Å². The molecule has 0 unspecified atom stereocenters. The molecule has 25 heavy (non-hydrogen) atoms. The van der Waals surface area contributed by atoms with Gasteiger partial charge in [0.25, 0.3) is 0 Å². The lowest BCUT2D eigenvalue weighted by Crippen LogP contribution is -2.23. The molecule has 1 amide bonds. The second kappa shape index (κ2) is 7.31. The number of hydrogen-bond donors (Lipinski definition) is 2. The van der Waals surface area contributed by atoms with Crippen LogP contribution in [-0.4, -0.2) is 33.1 Å². The molecular weight excluding hydrogens is 342 g/mol. The number of nitrogens with two attached hydrogens (primary N) is 1. The van der Waals surface area contributed by atoms with Gasteiger partial charge < -0.3 is 20.3 Å². The predicted octanol–water partition coefficient (Wildman–Crippen LogP) is 2.38. The molecule has 0 saturated heterocycles. The van der Waals surface area contributed by atoms with Gasteiger partial charge in [0.15, 0.2) is 5.76 Å². The number of thioether (sulfide) groups is 1. The quantitative estimate of drug-likeness (QED) is 0.514. The first-order chi connectivity index (χ1) is 12.1. The number of benzene rings is 1. The first-order valence-corrected chi connectivity index (χ1v) is 8.32. The summed E-state index contributed by atoms with van der Waals surface area (Å²) in [5.74, 6) is 7.46. The minimum absolute atomic E-state index is 0.169. The zero-order valence-electron chi connectivity index (χ0n) is 13.7. The third kappa shape index (κ3) is 3.77. The fourth-order valence-electron chi connectivity index (χ4n) is 2.06. The molecule has 0 aliphatic heterocycles. The van der Waals surface area contributed by atoms with Crippen LogP contribution < -0.4 is 15.9 Å². The smallest absolute Gasteiger partial charge is 0.237 e. The summed E-state index contributed by atoms with van der Waals surface area (Å²) in [5, 5.41) is 10.9. The van der Waals surface area contributed by atoms with Crippen LogP contribution in [0, 0.1) is 0 Å². The highest BCUT2D eigenvalue weighted by Gasteiger charge is 2.20. The molecule has 0 spiro atoms. The Kier molecular flexibility index (Phi) is 4.94. The molecule has 1 atom stereocenters. The van der Waals surface area contributed by atoms with Gasteiger partial charge in [-0.25, -0.2) is 4.68 Å². The normalized spacial score (nSPS) is 11.9. The molecule has 0 aliphatic carbocycles. The van der Waals surface area contributed by atoms with Gasteiger partial charge in [0.2, 0.25) is 16.9 Å². The van der Waals surface area contributed by atoms with Crippen molar-refractivity contribution in [3.05, 3.63) is 42.7 Å². The number of hydrogen-bond acceptors (Lipinski definition) is 7. The van der Waals surface area contributed by atoms with E-state index in [1.165, 1.54) is 22.7 Å². The summed E-state index contributed by atoms with van der Waals surface area (Å²) >= 11 is 1.21. The van der Waals surface area contributed by atoms with Crippen LogP contribution in [0.2, 0.25) is 0 Å². The number of rotatable bonds is 6. The van der Waals surface area contributed by atoms with E-state index < -0.39 is 5.25 Å². The van der Waals surface area contributed by atoms with Crippen LogP contribution in [0.4, 0.5) is 5.69 Å². The van der Waals surface area contributed by atoms with Crippen LogP contribution in [0.25, 0.3) is 11.6 Å². The number of nitrogens with one attached hydrogen (secondary N) is 1. The Balaban J connectivity index is 1.65. The number of carbonyl (C=O) groups is 1. The Labute approximate surface area is 148 Å². The van der Waals surface area contributed by atoms with Crippen LogP contribution in [0.1, 0.15) is 6.92 Å². The number of amides is 1. The van der Waals surface area contributed by atoms with Gasteiger partial charge in [-0.2, -0.15) is 0 Å². The molecule has 3 N–H and O–H groups in total. The Morgan fingerprint density at radius 3 is 2.72 bits per heavy atom. The summed E-state index contributed by atoms with van der Waals surface area (Å²) in [6.45, 7) is 1.77. The van der Waals surface area contributed by atoms with E-state index in [0.717, 1.165) is 5.75 Å².